The van der Waals surface area contributed by atoms with Crippen LogP contribution in [0.3, 0.4) is 0 Å². The van der Waals surface area contributed by atoms with E-state index in [1.54, 1.807) is 14.7 Å². The SMILES string of the molecule is CCc1cc2c(s1)CCOC1CCN(CC3CCN(S(C)(=O)=O)CC3)CCC21. The maximum Gasteiger partial charge on any atom is 0.211 e. The Labute approximate surface area is 174 Å². The number of nitrogens with zero attached hydrogens (tertiary/aromatic N) is 2. The van der Waals surface area contributed by atoms with Crippen molar-refractivity contribution in [2.45, 2.75) is 57.5 Å². The lowest BCUT2D eigenvalue weighted by Crippen LogP contribution is -2.41. The summed E-state index contributed by atoms with van der Waals surface area (Å²) in [5, 5.41) is 0. The molecule has 0 N–H and O–H groups in total. The van der Waals surface area contributed by atoms with Crippen molar-refractivity contribution in [3.63, 3.8) is 0 Å². The first-order valence-electron chi connectivity index (χ1n) is 10.8. The fourth-order valence-electron chi connectivity index (χ4n) is 5.14. The molecule has 0 amide bonds. The molecular weight excluding hydrogens is 392 g/mol. The molecule has 0 radical (unpaired) electrons. The van der Waals surface area contributed by atoms with Crippen molar-refractivity contribution in [3.8, 4) is 0 Å². The fraction of sp³-hybridized carbons (Fsp3) is 0.810. The van der Waals surface area contributed by atoms with Crippen LogP contribution in [0.15, 0.2) is 6.07 Å². The van der Waals surface area contributed by atoms with Gasteiger partial charge in [-0.25, -0.2) is 12.7 Å². The van der Waals surface area contributed by atoms with Gasteiger partial charge in [-0.3, -0.25) is 0 Å². The van der Waals surface area contributed by atoms with Crippen LogP contribution in [0.4, 0.5) is 0 Å². The van der Waals surface area contributed by atoms with E-state index in [-0.39, 0.29) is 0 Å². The van der Waals surface area contributed by atoms with Gasteiger partial charge in [-0.05, 0) is 56.2 Å². The van der Waals surface area contributed by atoms with Crippen molar-refractivity contribution in [2.24, 2.45) is 5.92 Å². The number of aryl methyl sites for hydroxylation is 1. The molecule has 3 aliphatic heterocycles. The first-order valence-corrected chi connectivity index (χ1v) is 13.5. The number of fused-ring (bicyclic) bond motifs is 3. The number of rotatable bonds is 4. The second-order valence-corrected chi connectivity index (χ2v) is 11.9. The van der Waals surface area contributed by atoms with Gasteiger partial charge < -0.3 is 9.64 Å². The summed E-state index contributed by atoms with van der Waals surface area (Å²) in [5.41, 5.74) is 1.58. The van der Waals surface area contributed by atoms with Crippen molar-refractivity contribution in [2.75, 3.05) is 45.6 Å². The highest BCUT2D eigenvalue weighted by Gasteiger charge is 2.34. The van der Waals surface area contributed by atoms with Gasteiger partial charge in [0.05, 0.1) is 19.0 Å². The van der Waals surface area contributed by atoms with E-state index in [1.807, 2.05) is 11.3 Å². The van der Waals surface area contributed by atoms with Crippen LogP contribution in [0.2, 0.25) is 0 Å². The van der Waals surface area contributed by atoms with Gasteiger partial charge >= 0.3 is 0 Å². The maximum absolute atomic E-state index is 11.7. The number of piperidine rings is 1. The summed E-state index contributed by atoms with van der Waals surface area (Å²) in [7, 11) is -3.03. The van der Waals surface area contributed by atoms with Crippen molar-refractivity contribution < 1.29 is 13.2 Å². The van der Waals surface area contributed by atoms with Crippen molar-refractivity contribution in [3.05, 3.63) is 21.4 Å². The minimum atomic E-state index is -3.03. The first kappa shape index (κ1) is 20.8. The topological polar surface area (TPSA) is 49.9 Å². The number of ether oxygens (including phenoxy) is 1. The zero-order valence-corrected chi connectivity index (χ0v) is 18.9. The first-order chi connectivity index (χ1) is 13.4. The highest BCUT2D eigenvalue weighted by atomic mass is 32.2. The van der Waals surface area contributed by atoms with Gasteiger partial charge in [0.15, 0.2) is 0 Å². The van der Waals surface area contributed by atoms with Crippen LogP contribution in [0.1, 0.15) is 53.8 Å². The number of likely N-dealkylation sites (tertiary alicyclic amines) is 1. The normalized spacial score (nSPS) is 28.4. The minimum absolute atomic E-state index is 0.359. The predicted molar refractivity (Wildman–Crippen MR) is 115 cm³/mol. The zero-order chi connectivity index (χ0) is 19.7. The van der Waals surface area contributed by atoms with Crippen LogP contribution in [0, 0.1) is 5.92 Å². The summed E-state index contributed by atoms with van der Waals surface area (Å²) < 4.78 is 31.4. The largest absolute Gasteiger partial charge is 0.377 e. The summed E-state index contributed by atoms with van der Waals surface area (Å²) >= 11 is 2.00. The van der Waals surface area contributed by atoms with Crippen molar-refractivity contribution >= 4 is 21.4 Å². The van der Waals surface area contributed by atoms with E-state index in [0.29, 0.717) is 31.0 Å². The Morgan fingerprint density at radius 1 is 1.14 bits per heavy atom. The Hall–Kier alpha value is -0.470. The van der Waals surface area contributed by atoms with E-state index in [0.717, 1.165) is 58.3 Å². The Kier molecular flexibility index (Phi) is 6.47. The van der Waals surface area contributed by atoms with E-state index in [9.17, 15) is 8.42 Å². The molecule has 2 atom stereocenters. The van der Waals surface area contributed by atoms with Gasteiger partial charge in [0.2, 0.25) is 10.0 Å². The molecule has 2 unspecified atom stereocenters. The molecule has 0 saturated carbocycles. The predicted octanol–water partition coefficient (Wildman–Crippen LogP) is 3.10. The summed E-state index contributed by atoms with van der Waals surface area (Å²) in [6, 6.07) is 2.46. The molecule has 2 saturated heterocycles. The lowest BCUT2D eigenvalue weighted by Gasteiger charge is -2.33. The van der Waals surface area contributed by atoms with Gasteiger partial charge in [0.25, 0.3) is 0 Å². The Morgan fingerprint density at radius 3 is 2.61 bits per heavy atom. The Bertz CT molecular complexity index is 769. The highest BCUT2D eigenvalue weighted by molar-refractivity contribution is 7.88. The number of thiophene rings is 1. The second kappa shape index (κ2) is 8.72. The summed E-state index contributed by atoms with van der Waals surface area (Å²) in [6.45, 7) is 7.83. The molecule has 7 heteroatoms. The second-order valence-electron chi connectivity index (χ2n) is 8.69. The quantitative estimate of drug-likeness (QED) is 0.742. The monoisotopic (exact) mass is 426 g/mol. The standard InChI is InChI=1S/C21H34N2O3S2/c1-3-17-14-19-18-6-9-22(10-7-20(18)26-13-8-21(19)27-17)15-16-4-11-23(12-5-16)28(2,24)25/h14,16,18,20H,3-13,15H2,1-2H3. The molecule has 1 aromatic heterocycles. The summed E-state index contributed by atoms with van der Waals surface area (Å²) in [6.07, 6.45) is 8.17. The van der Waals surface area contributed by atoms with E-state index in [4.69, 9.17) is 4.74 Å². The third-order valence-electron chi connectivity index (χ3n) is 6.80. The molecule has 28 heavy (non-hydrogen) atoms. The van der Waals surface area contributed by atoms with E-state index < -0.39 is 10.0 Å². The van der Waals surface area contributed by atoms with Crippen LogP contribution < -0.4 is 0 Å². The fourth-order valence-corrected chi connectivity index (χ4v) is 7.18. The van der Waals surface area contributed by atoms with Gasteiger partial charge in [0.1, 0.15) is 0 Å². The number of hydrogen-bond acceptors (Lipinski definition) is 5. The number of sulfonamides is 1. The van der Waals surface area contributed by atoms with Crippen LogP contribution in [-0.2, 0) is 27.6 Å². The Morgan fingerprint density at radius 2 is 1.89 bits per heavy atom. The molecule has 2 fully saturated rings. The highest BCUT2D eigenvalue weighted by Crippen LogP contribution is 2.39. The van der Waals surface area contributed by atoms with Gasteiger partial charge in [-0.1, -0.05) is 6.92 Å². The third kappa shape index (κ3) is 4.64. The Balaban J connectivity index is 1.37. The van der Waals surface area contributed by atoms with Gasteiger partial charge in [-0.2, -0.15) is 0 Å². The average Bonchev–Trinajstić information content (AvgIpc) is 2.87. The van der Waals surface area contributed by atoms with E-state index in [2.05, 4.69) is 17.9 Å². The molecule has 4 heterocycles. The minimum Gasteiger partial charge on any atom is -0.377 e. The smallest absolute Gasteiger partial charge is 0.211 e. The lowest BCUT2D eigenvalue weighted by molar-refractivity contribution is 0.0378. The third-order valence-corrected chi connectivity index (χ3v) is 9.45. The van der Waals surface area contributed by atoms with Gasteiger partial charge in [-0.15, -0.1) is 11.3 Å². The molecule has 5 nitrogen and oxygen atoms in total. The average molecular weight is 427 g/mol. The lowest BCUT2D eigenvalue weighted by atomic mass is 9.89. The van der Waals surface area contributed by atoms with Crippen LogP contribution in [-0.4, -0.2) is 69.3 Å². The van der Waals surface area contributed by atoms with Gasteiger partial charge in [0, 0.05) is 48.3 Å². The molecule has 3 aliphatic rings. The van der Waals surface area contributed by atoms with Crippen LogP contribution in [0.5, 0.6) is 0 Å². The molecular formula is C21H34N2O3S2. The van der Waals surface area contributed by atoms with Crippen molar-refractivity contribution in [1.29, 1.82) is 0 Å². The summed E-state index contributed by atoms with van der Waals surface area (Å²) in [5.74, 6) is 1.16. The molecule has 0 spiro atoms. The molecule has 4 rings (SSSR count). The van der Waals surface area contributed by atoms with E-state index >= 15 is 0 Å². The van der Waals surface area contributed by atoms with Crippen LogP contribution >= 0.6 is 11.3 Å². The summed E-state index contributed by atoms with van der Waals surface area (Å²) in [4.78, 5) is 5.70. The molecule has 0 aromatic carbocycles. The maximum atomic E-state index is 11.7. The zero-order valence-electron chi connectivity index (χ0n) is 17.2. The van der Waals surface area contributed by atoms with Crippen molar-refractivity contribution in [1.82, 2.24) is 9.21 Å². The van der Waals surface area contributed by atoms with Crippen LogP contribution in [0.25, 0.3) is 0 Å². The molecule has 1 aromatic rings. The molecule has 158 valence electrons. The molecule has 0 aliphatic carbocycles. The number of hydrogen-bond donors (Lipinski definition) is 0. The van der Waals surface area contributed by atoms with E-state index in [1.165, 1.54) is 17.6 Å². The molecule has 0 bridgehead atoms.